The number of aromatic nitrogens is 2. The molecule has 0 aliphatic heterocycles. The van der Waals surface area contributed by atoms with Crippen LogP contribution >= 0.6 is 0 Å². The van der Waals surface area contributed by atoms with Gasteiger partial charge in [-0.2, -0.15) is 5.10 Å². The molecule has 1 heterocycles. The second kappa shape index (κ2) is 6.38. The molecule has 1 aromatic carbocycles. The zero-order valence-electron chi connectivity index (χ0n) is 12.0. The van der Waals surface area contributed by atoms with Gasteiger partial charge in [0.2, 0.25) is 10.0 Å². The number of hydrogen-bond donors (Lipinski definition) is 3. The van der Waals surface area contributed by atoms with E-state index in [0.29, 0.717) is 12.1 Å². The van der Waals surface area contributed by atoms with E-state index in [9.17, 15) is 13.5 Å². The van der Waals surface area contributed by atoms with E-state index >= 15 is 0 Å². The van der Waals surface area contributed by atoms with Crippen LogP contribution in [0.2, 0.25) is 0 Å². The van der Waals surface area contributed by atoms with Gasteiger partial charge < -0.3 is 5.11 Å². The van der Waals surface area contributed by atoms with Crippen molar-refractivity contribution in [2.45, 2.75) is 37.8 Å². The maximum absolute atomic E-state index is 12.6. The second-order valence-electron chi connectivity index (χ2n) is 4.78. The van der Waals surface area contributed by atoms with Gasteiger partial charge in [0.1, 0.15) is 10.6 Å². The molecule has 0 amide bonds. The zero-order chi connectivity index (χ0) is 15.5. The van der Waals surface area contributed by atoms with Gasteiger partial charge in [-0.05, 0) is 18.9 Å². The van der Waals surface area contributed by atoms with Crippen LogP contribution in [0.25, 0.3) is 0 Å². The lowest BCUT2D eigenvalue weighted by Crippen LogP contribution is -2.29. The van der Waals surface area contributed by atoms with E-state index < -0.39 is 16.6 Å². The molecular formula is C14H19N3O3S. The van der Waals surface area contributed by atoms with Gasteiger partial charge in [-0.1, -0.05) is 37.3 Å². The van der Waals surface area contributed by atoms with Crippen LogP contribution in [0.5, 0.6) is 0 Å². The molecule has 7 heteroatoms. The topological polar surface area (TPSA) is 95.1 Å². The summed E-state index contributed by atoms with van der Waals surface area (Å²) in [4.78, 5) is 0.0272. The monoisotopic (exact) mass is 309 g/mol. The normalized spacial score (nSPS) is 13.3. The molecule has 0 aliphatic rings. The van der Waals surface area contributed by atoms with Crippen LogP contribution < -0.4 is 4.72 Å². The van der Waals surface area contributed by atoms with Crippen LogP contribution in [-0.2, 0) is 16.6 Å². The summed E-state index contributed by atoms with van der Waals surface area (Å²) in [7, 11) is -3.75. The Balaban J connectivity index is 2.34. The van der Waals surface area contributed by atoms with Crippen molar-refractivity contribution in [2.75, 3.05) is 0 Å². The summed E-state index contributed by atoms with van der Waals surface area (Å²) in [5, 5.41) is 15.6. The summed E-state index contributed by atoms with van der Waals surface area (Å²) in [6.45, 7) is 3.10. The number of aryl methyl sites for hydroxylation is 1. The van der Waals surface area contributed by atoms with Gasteiger partial charge in [0.15, 0.2) is 0 Å². The van der Waals surface area contributed by atoms with Crippen LogP contribution in [-0.4, -0.2) is 23.7 Å². The van der Waals surface area contributed by atoms with Crippen molar-refractivity contribution in [2.24, 2.45) is 0 Å². The van der Waals surface area contributed by atoms with E-state index in [4.69, 9.17) is 0 Å². The van der Waals surface area contributed by atoms with Gasteiger partial charge in [-0.25, -0.2) is 13.1 Å². The Kier molecular flexibility index (Phi) is 4.76. The van der Waals surface area contributed by atoms with E-state index in [0.717, 1.165) is 5.56 Å². The summed E-state index contributed by atoms with van der Waals surface area (Å²) in [6, 6.07) is 9.06. The van der Waals surface area contributed by atoms with Crippen LogP contribution in [0.1, 0.15) is 36.3 Å². The molecule has 21 heavy (non-hydrogen) atoms. The minimum atomic E-state index is -3.75. The van der Waals surface area contributed by atoms with E-state index in [-0.39, 0.29) is 16.6 Å². The largest absolute Gasteiger partial charge is 0.390 e. The van der Waals surface area contributed by atoms with Crippen molar-refractivity contribution in [3.63, 3.8) is 0 Å². The molecule has 0 bridgehead atoms. The molecule has 114 valence electrons. The summed E-state index contributed by atoms with van der Waals surface area (Å²) in [5.41, 5.74) is 1.44. The summed E-state index contributed by atoms with van der Waals surface area (Å²) < 4.78 is 27.8. The van der Waals surface area contributed by atoms with Crippen molar-refractivity contribution >= 4 is 10.0 Å². The fraction of sp³-hybridized carbons (Fsp3) is 0.357. The van der Waals surface area contributed by atoms with Crippen LogP contribution in [0, 0.1) is 6.92 Å². The highest BCUT2D eigenvalue weighted by atomic mass is 32.2. The number of sulfonamides is 1. The minimum Gasteiger partial charge on any atom is -0.390 e. The van der Waals surface area contributed by atoms with E-state index in [1.807, 2.05) is 37.3 Å². The molecule has 0 radical (unpaired) electrons. The molecule has 3 N–H and O–H groups in total. The highest BCUT2D eigenvalue weighted by Gasteiger charge is 2.26. The molecule has 2 rings (SSSR count). The third-order valence-electron chi connectivity index (χ3n) is 3.29. The Morgan fingerprint density at radius 1 is 1.33 bits per heavy atom. The quantitative estimate of drug-likeness (QED) is 0.756. The average molecular weight is 309 g/mol. The molecule has 0 spiro atoms. The lowest BCUT2D eigenvalue weighted by molar-refractivity contribution is 0.273. The maximum Gasteiger partial charge on any atom is 0.244 e. The van der Waals surface area contributed by atoms with Gasteiger partial charge in [-0.3, -0.25) is 5.10 Å². The molecule has 1 unspecified atom stereocenters. The second-order valence-corrected chi connectivity index (χ2v) is 6.43. The first-order valence-corrected chi connectivity index (χ1v) is 8.20. The Morgan fingerprint density at radius 2 is 2.00 bits per heavy atom. The van der Waals surface area contributed by atoms with Crippen molar-refractivity contribution < 1.29 is 13.5 Å². The Bertz CT molecular complexity index is 696. The zero-order valence-corrected chi connectivity index (χ0v) is 12.8. The molecule has 6 nitrogen and oxygen atoms in total. The van der Waals surface area contributed by atoms with Gasteiger partial charge in [0.05, 0.1) is 12.3 Å². The molecular weight excluding hydrogens is 290 g/mol. The SMILES string of the molecule is CCC(NS(=O)(=O)c1c(CO)n[nH]c1C)c1ccccc1. The standard InChI is InChI=1S/C14H19N3O3S/c1-3-12(11-7-5-4-6-8-11)17-21(19,20)14-10(2)15-16-13(14)9-18/h4-8,12,17-18H,3,9H2,1-2H3,(H,15,16). The first kappa shape index (κ1) is 15.7. The molecule has 0 saturated carbocycles. The van der Waals surface area contributed by atoms with Crippen LogP contribution in [0.15, 0.2) is 35.2 Å². The minimum absolute atomic E-state index is 0.0272. The third-order valence-corrected chi connectivity index (χ3v) is 4.96. The van der Waals surface area contributed by atoms with Crippen molar-refractivity contribution in [1.29, 1.82) is 0 Å². The molecule has 1 atom stereocenters. The summed E-state index contributed by atoms with van der Waals surface area (Å²) in [6.07, 6.45) is 0.620. The van der Waals surface area contributed by atoms with Gasteiger partial charge >= 0.3 is 0 Å². The van der Waals surface area contributed by atoms with Crippen molar-refractivity contribution in [3.8, 4) is 0 Å². The van der Waals surface area contributed by atoms with Gasteiger partial charge in [0.25, 0.3) is 0 Å². The highest BCUT2D eigenvalue weighted by Crippen LogP contribution is 2.23. The Morgan fingerprint density at radius 3 is 2.57 bits per heavy atom. The van der Waals surface area contributed by atoms with E-state index in [1.54, 1.807) is 6.92 Å². The molecule has 0 fully saturated rings. The Labute approximate surface area is 124 Å². The lowest BCUT2D eigenvalue weighted by Gasteiger charge is -2.17. The first-order chi connectivity index (χ1) is 9.99. The average Bonchev–Trinajstić information content (AvgIpc) is 2.87. The fourth-order valence-corrected chi connectivity index (χ4v) is 3.92. The van der Waals surface area contributed by atoms with Gasteiger partial charge in [-0.15, -0.1) is 0 Å². The summed E-state index contributed by atoms with van der Waals surface area (Å²) >= 11 is 0. The van der Waals surface area contributed by atoms with E-state index in [1.165, 1.54) is 0 Å². The van der Waals surface area contributed by atoms with Crippen molar-refractivity contribution in [1.82, 2.24) is 14.9 Å². The van der Waals surface area contributed by atoms with Gasteiger partial charge in [0, 0.05) is 6.04 Å². The molecule has 0 aliphatic carbocycles. The van der Waals surface area contributed by atoms with Crippen LogP contribution in [0.4, 0.5) is 0 Å². The molecule has 1 aromatic heterocycles. The number of rotatable bonds is 6. The lowest BCUT2D eigenvalue weighted by atomic mass is 10.1. The molecule has 2 aromatic rings. The number of nitrogens with one attached hydrogen (secondary N) is 2. The number of aromatic amines is 1. The predicted octanol–water partition coefficient (Wildman–Crippen LogP) is 1.64. The number of hydrogen-bond acceptors (Lipinski definition) is 4. The number of benzene rings is 1. The van der Waals surface area contributed by atoms with Crippen LogP contribution in [0.3, 0.4) is 0 Å². The number of aliphatic hydroxyl groups is 1. The molecule has 0 saturated heterocycles. The Hall–Kier alpha value is -1.70. The predicted molar refractivity (Wildman–Crippen MR) is 79.0 cm³/mol. The van der Waals surface area contributed by atoms with E-state index in [2.05, 4.69) is 14.9 Å². The number of H-pyrrole nitrogens is 1. The number of nitrogens with zero attached hydrogens (tertiary/aromatic N) is 1. The first-order valence-electron chi connectivity index (χ1n) is 6.71. The number of aliphatic hydroxyl groups excluding tert-OH is 1. The summed E-state index contributed by atoms with van der Waals surface area (Å²) in [5.74, 6) is 0. The fourth-order valence-electron chi connectivity index (χ4n) is 2.25. The highest BCUT2D eigenvalue weighted by molar-refractivity contribution is 7.89. The smallest absolute Gasteiger partial charge is 0.244 e. The maximum atomic E-state index is 12.6. The van der Waals surface area contributed by atoms with Crippen molar-refractivity contribution in [3.05, 3.63) is 47.3 Å². The third kappa shape index (κ3) is 3.31.